The van der Waals surface area contributed by atoms with Gasteiger partial charge in [0, 0.05) is 25.2 Å². The second-order valence-electron chi connectivity index (χ2n) is 7.65. The van der Waals surface area contributed by atoms with Gasteiger partial charge in [-0.1, -0.05) is 42.8 Å². The number of aliphatic hydroxyl groups is 1. The molecule has 0 unspecified atom stereocenters. The molecule has 1 aliphatic rings. The number of likely N-dealkylation sites (tertiary alicyclic amines) is 1. The van der Waals surface area contributed by atoms with Crippen molar-refractivity contribution in [2.24, 2.45) is 0 Å². The van der Waals surface area contributed by atoms with Crippen LogP contribution in [0.15, 0.2) is 60.8 Å². The minimum atomic E-state index is -0.158. The van der Waals surface area contributed by atoms with E-state index >= 15 is 0 Å². The van der Waals surface area contributed by atoms with Gasteiger partial charge in [-0.2, -0.15) is 0 Å². The van der Waals surface area contributed by atoms with Crippen molar-refractivity contribution in [2.75, 3.05) is 13.1 Å². The number of halogens is 1. The molecule has 1 amide bonds. The highest BCUT2D eigenvalue weighted by Crippen LogP contribution is 2.34. The van der Waals surface area contributed by atoms with Crippen LogP contribution in [0.1, 0.15) is 46.4 Å². The molecule has 0 bridgehead atoms. The molecule has 0 radical (unpaired) electrons. The molecule has 1 saturated heterocycles. The largest absolute Gasteiger partial charge is 0.457 e. The Hall–Kier alpha value is -2.89. The first-order chi connectivity index (χ1) is 15.1. The molecule has 1 aliphatic heterocycles. The van der Waals surface area contributed by atoms with Gasteiger partial charge < -0.3 is 14.7 Å². The lowest BCUT2D eigenvalue weighted by Crippen LogP contribution is -2.29. The highest BCUT2D eigenvalue weighted by atomic mass is 35.5. The van der Waals surface area contributed by atoms with Crippen LogP contribution in [-0.4, -0.2) is 34.0 Å². The summed E-state index contributed by atoms with van der Waals surface area (Å²) in [7, 11) is 0. The van der Waals surface area contributed by atoms with Gasteiger partial charge in [0.05, 0.1) is 11.6 Å². The van der Waals surface area contributed by atoms with E-state index < -0.39 is 0 Å². The number of carbonyl (C=O) groups excluding carboxylic acids is 1. The van der Waals surface area contributed by atoms with Gasteiger partial charge in [0.1, 0.15) is 17.2 Å². The monoisotopic (exact) mass is 436 g/mol. The zero-order valence-corrected chi connectivity index (χ0v) is 18.2. The molecule has 1 aromatic heterocycles. The van der Waals surface area contributed by atoms with Crippen LogP contribution >= 0.6 is 11.6 Å². The van der Waals surface area contributed by atoms with E-state index in [1.807, 2.05) is 36.4 Å². The number of benzene rings is 2. The van der Waals surface area contributed by atoms with E-state index in [1.54, 1.807) is 23.2 Å². The maximum Gasteiger partial charge on any atom is 0.274 e. The number of pyridine rings is 1. The number of hydrogen-bond donors (Lipinski definition) is 1. The average Bonchev–Trinajstić information content (AvgIpc) is 3.29. The first-order valence-electron chi connectivity index (χ1n) is 10.5. The highest BCUT2D eigenvalue weighted by Gasteiger charge is 2.30. The van der Waals surface area contributed by atoms with Crippen molar-refractivity contribution in [3.63, 3.8) is 0 Å². The molecule has 1 fully saturated rings. The second-order valence-corrected chi connectivity index (χ2v) is 8.06. The summed E-state index contributed by atoms with van der Waals surface area (Å²) in [5.41, 5.74) is 3.28. The summed E-state index contributed by atoms with van der Waals surface area (Å²) in [6.45, 7) is 3.20. The molecule has 5 nitrogen and oxygen atoms in total. The fourth-order valence-corrected chi connectivity index (χ4v) is 4.30. The third kappa shape index (κ3) is 4.58. The summed E-state index contributed by atoms with van der Waals surface area (Å²) in [6.07, 6.45) is 3.28. The fraction of sp³-hybridized carbons (Fsp3) is 0.280. The molecule has 1 N–H and O–H groups in total. The van der Waals surface area contributed by atoms with Gasteiger partial charge in [-0.05, 0) is 59.9 Å². The van der Waals surface area contributed by atoms with Crippen molar-refractivity contribution in [1.29, 1.82) is 0 Å². The Morgan fingerprint density at radius 1 is 1.19 bits per heavy atom. The van der Waals surface area contributed by atoms with Crippen LogP contribution < -0.4 is 4.74 Å². The number of hydrogen-bond acceptors (Lipinski definition) is 4. The van der Waals surface area contributed by atoms with Crippen LogP contribution in [0.4, 0.5) is 0 Å². The summed E-state index contributed by atoms with van der Waals surface area (Å²) in [6, 6.07) is 17.2. The van der Waals surface area contributed by atoms with Crippen molar-refractivity contribution in [1.82, 2.24) is 9.88 Å². The van der Waals surface area contributed by atoms with E-state index in [0.29, 0.717) is 23.9 Å². The molecular weight excluding hydrogens is 412 g/mol. The molecule has 4 rings (SSSR count). The molecule has 160 valence electrons. The van der Waals surface area contributed by atoms with Crippen LogP contribution in [0.25, 0.3) is 0 Å². The number of carbonyl (C=O) groups is 1. The normalized spacial score (nSPS) is 15.8. The molecule has 6 heteroatoms. The first-order valence-corrected chi connectivity index (χ1v) is 10.9. The van der Waals surface area contributed by atoms with E-state index in [1.165, 1.54) is 0 Å². The summed E-state index contributed by atoms with van der Waals surface area (Å²) in [4.78, 5) is 18.7. The summed E-state index contributed by atoms with van der Waals surface area (Å²) < 4.78 is 6.09. The van der Waals surface area contributed by atoms with Gasteiger partial charge in [-0.15, -0.1) is 0 Å². The smallest absolute Gasteiger partial charge is 0.274 e. The summed E-state index contributed by atoms with van der Waals surface area (Å²) >= 11 is 6.15. The van der Waals surface area contributed by atoms with Gasteiger partial charge in [-0.3, -0.25) is 4.79 Å². The van der Waals surface area contributed by atoms with E-state index in [-0.39, 0.29) is 24.1 Å². The number of nitrogens with zero attached hydrogens (tertiary/aromatic N) is 2. The van der Waals surface area contributed by atoms with Crippen LogP contribution in [0.2, 0.25) is 5.02 Å². The van der Waals surface area contributed by atoms with Crippen LogP contribution in [0.3, 0.4) is 0 Å². The average molecular weight is 437 g/mol. The summed E-state index contributed by atoms with van der Waals surface area (Å²) in [5, 5.41) is 10.4. The molecule has 0 saturated carbocycles. The van der Waals surface area contributed by atoms with Gasteiger partial charge >= 0.3 is 0 Å². The van der Waals surface area contributed by atoms with E-state index in [9.17, 15) is 9.90 Å². The second kappa shape index (κ2) is 9.50. The predicted molar refractivity (Wildman–Crippen MR) is 121 cm³/mol. The molecule has 31 heavy (non-hydrogen) atoms. The number of aryl methyl sites for hydroxylation is 1. The number of aliphatic hydroxyl groups excluding tert-OH is 1. The minimum Gasteiger partial charge on any atom is -0.457 e. The lowest BCUT2D eigenvalue weighted by atomic mass is 9.93. The molecule has 1 atom stereocenters. The Bertz CT molecular complexity index is 1090. The van der Waals surface area contributed by atoms with Crippen molar-refractivity contribution in [3.05, 3.63) is 88.2 Å². The number of aromatic nitrogens is 1. The van der Waals surface area contributed by atoms with Crippen LogP contribution in [0.5, 0.6) is 11.5 Å². The van der Waals surface area contributed by atoms with Crippen molar-refractivity contribution >= 4 is 17.5 Å². The standard InChI is InChI=1S/C25H25ClN2O3/c1-2-17-6-3-4-8-23(17)31-20-9-10-21(19(14-20)16-29)18-11-13-28(15-18)25(30)24-22(26)7-5-12-27-24/h3-10,12,14,18,29H,2,11,13,15-16H2,1H3/t18-/m1/s1. The lowest BCUT2D eigenvalue weighted by Gasteiger charge is -2.19. The number of para-hydroxylation sites is 1. The number of ether oxygens (including phenoxy) is 1. The van der Waals surface area contributed by atoms with E-state index in [0.717, 1.165) is 35.3 Å². The molecule has 3 aromatic rings. The third-order valence-corrected chi connectivity index (χ3v) is 6.05. The van der Waals surface area contributed by atoms with Crippen LogP contribution in [-0.2, 0) is 13.0 Å². The van der Waals surface area contributed by atoms with Gasteiger partial charge in [-0.25, -0.2) is 4.98 Å². The maximum atomic E-state index is 12.8. The molecule has 0 aliphatic carbocycles. The molecule has 2 heterocycles. The van der Waals surface area contributed by atoms with Crippen molar-refractivity contribution < 1.29 is 14.6 Å². The van der Waals surface area contributed by atoms with Crippen molar-refractivity contribution in [3.8, 4) is 11.5 Å². The van der Waals surface area contributed by atoms with Gasteiger partial charge in [0.25, 0.3) is 5.91 Å². The highest BCUT2D eigenvalue weighted by molar-refractivity contribution is 6.33. The van der Waals surface area contributed by atoms with Crippen molar-refractivity contribution in [2.45, 2.75) is 32.3 Å². The topological polar surface area (TPSA) is 62.7 Å². The van der Waals surface area contributed by atoms with Gasteiger partial charge in [0.15, 0.2) is 0 Å². The van der Waals surface area contributed by atoms with E-state index in [4.69, 9.17) is 16.3 Å². The fourth-order valence-electron chi connectivity index (χ4n) is 4.09. The summed E-state index contributed by atoms with van der Waals surface area (Å²) in [5.74, 6) is 1.51. The Morgan fingerprint density at radius 3 is 2.81 bits per heavy atom. The van der Waals surface area contributed by atoms with Gasteiger partial charge in [0.2, 0.25) is 0 Å². The van der Waals surface area contributed by atoms with Crippen LogP contribution in [0, 0.1) is 0 Å². The Kier molecular flexibility index (Phi) is 6.54. The number of amides is 1. The lowest BCUT2D eigenvalue weighted by molar-refractivity contribution is 0.0785. The molecule has 0 spiro atoms. The Balaban J connectivity index is 1.51. The Morgan fingerprint density at radius 2 is 2.03 bits per heavy atom. The Labute approximate surface area is 187 Å². The van der Waals surface area contributed by atoms with E-state index in [2.05, 4.69) is 18.0 Å². The SMILES string of the molecule is CCc1ccccc1Oc1ccc([C@@H]2CCN(C(=O)c3ncccc3Cl)C2)c(CO)c1. The predicted octanol–water partition coefficient (Wildman–Crippen LogP) is 5.21. The zero-order chi connectivity index (χ0) is 21.8. The minimum absolute atomic E-state index is 0.0848. The number of rotatable bonds is 6. The maximum absolute atomic E-state index is 12.8. The molecule has 2 aromatic carbocycles. The third-order valence-electron chi connectivity index (χ3n) is 5.74. The quantitative estimate of drug-likeness (QED) is 0.576. The molecular formula is C25H25ClN2O3. The first kappa shape index (κ1) is 21.3. The zero-order valence-electron chi connectivity index (χ0n) is 17.4.